The van der Waals surface area contributed by atoms with Crippen LogP contribution in [0.3, 0.4) is 0 Å². The summed E-state index contributed by atoms with van der Waals surface area (Å²) in [6, 6.07) is 13.7. The van der Waals surface area contributed by atoms with Crippen LogP contribution in [0, 0.1) is 0 Å². The summed E-state index contributed by atoms with van der Waals surface area (Å²) in [6.45, 7) is 0.741. The maximum atomic E-state index is 11.9. The van der Waals surface area contributed by atoms with Crippen LogP contribution in [0.15, 0.2) is 65.2 Å². The first-order valence-corrected chi connectivity index (χ1v) is 6.85. The SMILES string of the molecule is O=c1ncn(Cc2cccs2)cc1-c1ccccc1. The number of hydrogen-bond acceptors (Lipinski definition) is 3. The van der Waals surface area contributed by atoms with Crippen molar-refractivity contribution in [3.8, 4) is 11.1 Å². The molecule has 0 unspecified atom stereocenters. The van der Waals surface area contributed by atoms with Crippen molar-refractivity contribution in [3.63, 3.8) is 0 Å². The van der Waals surface area contributed by atoms with Crippen LogP contribution in [-0.2, 0) is 6.54 Å². The number of benzene rings is 1. The predicted molar refractivity (Wildman–Crippen MR) is 77.4 cm³/mol. The molecule has 0 radical (unpaired) electrons. The normalized spacial score (nSPS) is 10.5. The van der Waals surface area contributed by atoms with Crippen LogP contribution in [0.4, 0.5) is 0 Å². The molecule has 0 fully saturated rings. The third-order valence-corrected chi connectivity index (χ3v) is 3.71. The van der Waals surface area contributed by atoms with Crippen molar-refractivity contribution < 1.29 is 0 Å². The molecule has 0 saturated carbocycles. The highest BCUT2D eigenvalue weighted by Crippen LogP contribution is 2.15. The molecule has 94 valence electrons. The molecule has 0 aliphatic rings. The highest BCUT2D eigenvalue weighted by molar-refractivity contribution is 7.09. The molecule has 3 aromatic rings. The molecule has 0 saturated heterocycles. The van der Waals surface area contributed by atoms with E-state index in [2.05, 4.69) is 11.1 Å². The molecular formula is C15H12N2OS. The Hall–Kier alpha value is -2.20. The number of hydrogen-bond donors (Lipinski definition) is 0. The average Bonchev–Trinajstić information content (AvgIpc) is 2.95. The average molecular weight is 268 g/mol. The fourth-order valence-corrected chi connectivity index (χ4v) is 2.65. The minimum Gasteiger partial charge on any atom is -0.333 e. The van der Waals surface area contributed by atoms with Gasteiger partial charge in [-0.3, -0.25) is 4.79 Å². The van der Waals surface area contributed by atoms with Crippen LogP contribution < -0.4 is 5.56 Å². The van der Waals surface area contributed by atoms with Gasteiger partial charge in [-0.25, -0.2) is 0 Å². The molecular weight excluding hydrogens is 256 g/mol. The van der Waals surface area contributed by atoms with Crippen LogP contribution in [0.5, 0.6) is 0 Å². The Balaban J connectivity index is 1.99. The molecule has 2 aromatic heterocycles. The fraction of sp³-hybridized carbons (Fsp3) is 0.0667. The van der Waals surface area contributed by atoms with E-state index in [0.29, 0.717) is 5.56 Å². The van der Waals surface area contributed by atoms with Gasteiger partial charge in [0.15, 0.2) is 0 Å². The first kappa shape index (κ1) is 11.9. The van der Waals surface area contributed by atoms with Crippen molar-refractivity contribution in [3.05, 3.63) is 75.6 Å². The molecule has 1 aromatic carbocycles. The second-order valence-electron chi connectivity index (χ2n) is 4.21. The first-order chi connectivity index (χ1) is 9.33. The molecule has 0 spiro atoms. The lowest BCUT2D eigenvalue weighted by Crippen LogP contribution is -2.13. The van der Waals surface area contributed by atoms with Crippen molar-refractivity contribution in [1.82, 2.24) is 9.55 Å². The topological polar surface area (TPSA) is 34.9 Å². The van der Waals surface area contributed by atoms with Gasteiger partial charge in [0.1, 0.15) is 0 Å². The highest BCUT2D eigenvalue weighted by atomic mass is 32.1. The Morgan fingerprint density at radius 2 is 1.95 bits per heavy atom. The quantitative estimate of drug-likeness (QED) is 0.732. The summed E-state index contributed by atoms with van der Waals surface area (Å²) in [4.78, 5) is 17.0. The van der Waals surface area contributed by atoms with E-state index in [1.165, 1.54) is 4.88 Å². The molecule has 19 heavy (non-hydrogen) atoms. The van der Waals surface area contributed by atoms with Crippen LogP contribution in [0.25, 0.3) is 11.1 Å². The van der Waals surface area contributed by atoms with Gasteiger partial charge in [-0.05, 0) is 17.0 Å². The van der Waals surface area contributed by atoms with Crippen LogP contribution in [0.1, 0.15) is 4.88 Å². The molecule has 0 aliphatic carbocycles. The summed E-state index contributed by atoms with van der Waals surface area (Å²) in [5.41, 5.74) is 1.36. The van der Waals surface area contributed by atoms with Gasteiger partial charge in [-0.1, -0.05) is 36.4 Å². The number of aromatic nitrogens is 2. The van der Waals surface area contributed by atoms with Gasteiger partial charge < -0.3 is 4.57 Å². The Bertz CT molecular complexity index is 717. The van der Waals surface area contributed by atoms with Gasteiger partial charge in [0.05, 0.1) is 18.4 Å². The third-order valence-electron chi connectivity index (χ3n) is 2.85. The fourth-order valence-electron chi connectivity index (χ4n) is 1.94. The van der Waals surface area contributed by atoms with E-state index in [1.807, 2.05) is 52.5 Å². The van der Waals surface area contributed by atoms with Crippen LogP contribution in [0.2, 0.25) is 0 Å². The molecule has 2 heterocycles. The van der Waals surface area contributed by atoms with E-state index in [4.69, 9.17) is 0 Å². The summed E-state index contributed by atoms with van der Waals surface area (Å²) >= 11 is 1.70. The van der Waals surface area contributed by atoms with Crippen molar-refractivity contribution in [1.29, 1.82) is 0 Å². The van der Waals surface area contributed by atoms with Crippen molar-refractivity contribution in [2.45, 2.75) is 6.54 Å². The van der Waals surface area contributed by atoms with E-state index in [1.54, 1.807) is 17.7 Å². The largest absolute Gasteiger partial charge is 0.333 e. The van der Waals surface area contributed by atoms with Gasteiger partial charge >= 0.3 is 0 Å². The maximum Gasteiger partial charge on any atom is 0.280 e. The van der Waals surface area contributed by atoms with Gasteiger partial charge in [-0.15, -0.1) is 11.3 Å². The monoisotopic (exact) mass is 268 g/mol. The molecule has 0 bridgehead atoms. The third kappa shape index (κ3) is 2.63. The van der Waals surface area contributed by atoms with E-state index in [-0.39, 0.29) is 5.56 Å². The van der Waals surface area contributed by atoms with E-state index < -0.39 is 0 Å². The zero-order valence-corrected chi connectivity index (χ0v) is 11.0. The van der Waals surface area contributed by atoms with E-state index in [9.17, 15) is 4.79 Å². The smallest absolute Gasteiger partial charge is 0.280 e. The second kappa shape index (κ2) is 5.20. The molecule has 0 aliphatic heterocycles. The van der Waals surface area contributed by atoms with Crippen molar-refractivity contribution in [2.24, 2.45) is 0 Å². The number of nitrogens with zero attached hydrogens (tertiary/aromatic N) is 2. The lowest BCUT2D eigenvalue weighted by molar-refractivity contribution is 0.772. The summed E-state index contributed by atoms with van der Waals surface area (Å²) in [6.07, 6.45) is 3.46. The zero-order valence-electron chi connectivity index (χ0n) is 10.2. The number of thiophene rings is 1. The Morgan fingerprint density at radius 1 is 1.11 bits per heavy atom. The predicted octanol–water partition coefficient (Wildman–Crippen LogP) is 3.02. The molecule has 4 heteroatoms. The summed E-state index contributed by atoms with van der Waals surface area (Å²) in [7, 11) is 0. The minimum atomic E-state index is -0.186. The van der Waals surface area contributed by atoms with Gasteiger partial charge in [0.25, 0.3) is 5.56 Å². The Morgan fingerprint density at radius 3 is 2.68 bits per heavy atom. The van der Waals surface area contributed by atoms with Crippen molar-refractivity contribution in [2.75, 3.05) is 0 Å². The summed E-state index contributed by atoms with van der Waals surface area (Å²) in [5.74, 6) is 0. The van der Waals surface area contributed by atoms with E-state index in [0.717, 1.165) is 12.1 Å². The summed E-state index contributed by atoms with van der Waals surface area (Å²) in [5, 5.41) is 2.05. The molecule has 0 amide bonds. The van der Waals surface area contributed by atoms with Crippen LogP contribution >= 0.6 is 11.3 Å². The van der Waals surface area contributed by atoms with E-state index >= 15 is 0 Å². The van der Waals surface area contributed by atoms with Gasteiger partial charge in [0.2, 0.25) is 0 Å². The van der Waals surface area contributed by atoms with Gasteiger partial charge in [-0.2, -0.15) is 4.98 Å². The van der Waals surface area contributed by atoms with Gasteiger partial charge in [0, 0.05) is 11.1 Å². The molecule has 3 nitrogen and oxygen atoms in total. The van der Waals surface area contributed by atoms with Crippen LogP contribution in [-0.4, -0.2) is 9.55 Å². The zero-order chi connectivity index (χ0) is 13.1. The molecule has 0 N–H and O–H groups in total. The maximum absolute atomic E-state index is 11.9. The van der Waals surface area contributed by atoms with Crippen molar-refractivity contribution >= 4 is 11.3 Å². The lowest BCUT2D eigenvalue weighted by Gasteiger charge is -2.06. The molecule has 0 atom stereocenters. The second-order valence-corrected chi connectivity index (χ2v) is 5.24. The Kier molecular flexibility index (Phi) is 3.25. The Labute approximate surface area is 114 Å². The lowest BCUT2D eigenvalue weighted by atomic mass is 10.1. The minimum absolute atomic E-state index is 0.186. The number of rotatable bonds is 3. The standard InChI is InChI=1S/C15H12N2OS/c18-15-14(12-5-2-1-3-6-12)10-17(11-16-15)9-13-7-4-8-19-13/h1-8,10-11H,9H2. The molecule has 3 rings (SSSR count). The summed E-state index contributed by atoms with van der Waals surface area (Å²) < 4.78 is 1.94. The first-order valence-electron chi connectivity index (χ1n) is 5.97. The highest BCUT2D eigenvalue weighted by Gasteiger charge is 2.05.